The molecule has 0 spiro atoms. The summed E-state index contributed by atoms with van der Waals surface area (Å²) < 4.78 is 5.79. The van der Waals surface area contributed by atoms with E-state index < -0.39 is 0 Å². The fraction of sp³-hybridized carbons (Fsp3) is 0.400. The zero-order chi connectivity index (χ0) is 22.4. The van der Waals surface area contributed by atoms with Crippen LogP contribution in [0.2, 0.25) is 0 Å². The number of ether oxygens (including phenoxy) is 1. The third kappa shape index (κ3) is 5.94. The summed E-state index contributed by atoms with van der Waals surface area (Å²) in [6, 6.07) is 15.3. The van der Waals surface area contributed by atoms with Crippen molar-refractivity contribution in [3.63, 3.8) is 0 Å². The van der Waals surface area contributed by atoms with Crippen LogP contribution in [0.5, 0.6) is 5.75 Å². The Kier molecular flexibility index (Phi) is 7.10. The number of H-pyrrole nitrogens is 1. The zero-order valence-corrected chi connectivity index (χ0v) is 18.8. The Morgan fingerprint density at radius 1 is 1.10 bits per heavy atom. The predicted molar refractivity (Wildman–Crippen MR) is 123 cm³/mol. The highest BCUT2D eigenvalue weighted by atomic mass is 16.5. The molecular weight excluding hydrogens is 390 g/mol. The molecule has 6 nitrogen and oxygen atoms in total. The van der Waals surface area contributed by atoms with E-state index in [-0.39, 0.29) is 23.4 Å². The van der Waals surface area contributed by atoms with E-state index in [1.807, 2.05) is 31.2 Å². The first-order valence-corrected chi connectivity index (χ1v) is 10.8. The van der Waals surface area contributed by atoms with Crippen LogP contribution in [0.3, 0.4) is 0 Å². The van der Waals surface area contributed by atoms with Gasteiger partial charge in [0, 0.05) is 13.0 Å². The predicted octanol–water partition coefficient (Wildman–Crippen LogP) is 4.43. The van der Waals surface area contributed by atoms with Gasteiger partial charge in [0.1, 0.15) is 11.6 Å². The quantitative estimate of drug-likeness (QED) is 0.546. The number of carbonyl (C=O) groups is 1. The molecule has 0 aliphatic rings. The van der Waals surface area contributed by atoms with Gasteiger partial charge in [-0.1, -0.05) is 45.0 Å². The number of nitrogens with one attached hydrogen (secondary N) is 1. The molecule has 3 rings (SSSR count). The summed E-state index contributed by atoms with van der Waals surface area (Å²) in [6.45, 7) is 9.76. The maximum absolute atomic E-state index is 12.6. The van der Waals surface area contributed by atoms with Gasteiger partial charge in [0.25, 0.3) is 5.56 Å². The first kappa shape index (κ1) is 22.5. The summed E-state index contributed by atoms with van der Waals surface area (Å²) >= 11 is 0. The number of rotatable bonds is 8. The number of nitrogens with zero attached hydrogens (tertiary/aromatic N) is 2. The van der Waals surface area contributed by atoms with E-state index >= 15 is 0 Å². The topological polar surface area (TPSA) is 75.3 Å². The smallest absolute Gasteiger partial charge is 0.258 e. The van der Waals surface area contributed by atoms with E-state index in [9.17, 15) is 9.59 Å². The normalized spacial score (nSPS) is 11.5. The lowest BCUT2D eigenvalue weighted by molar-refractivity contribution is -0.131. The van der Waals surface area contributed by atoms with Crippen LogP contribution in [0.1, 0.15) is 51.9 Å². The summed E-state index contributed by atoms with van der Waals surface area (Å²) in [4.78, 5) is 33.9. The Bertz CT molecular complexity index is 1080. The summed E-state index contributed by atoms with van der Waals surface area (Å²) in [7, 11) is 0. The lowest BCUT2D eigenvalue weighted by Crippen LogP contribution is -2.32. The van der Waals surface area contributed by atoms with Crippen molar-refractivity contribution in [2.75, 3.05) is 13.2 Å². The second-order valence-electron chi connectivity index (χ2n) is 8.66. The van der Waals surface area contributed by atoms with Crippen molar-refractivity contribution >= 4 is 16.8 Å². The van der Waals surface area contributed by atoms with Crippen LogP contribution >= 0.6 is 0 Å². The molecular formula is C25H31N3O3. The standard InChI is InChI=1S/C25H31N3O3/c1-5-28(17-22-26-21-10-7-6-9-20(21)24(30)27-22)23(29)11-8-16-31-19-14-12-18(13-15-19)25(2,3)4/h6-7,9-10,12-15H,5,8,11,16-17H2,1-4H3,(H,26,27,30). The highest BCUT2D eigenvalue weighted by Gasteiger charge is 2.15. The van der Waals surface area contributed by atoms with E-state index in [2.05, 4.69) is 42.9 Å². The molecule has 0 radical (unpaired) electrons. The van der Waals surface area contributed by atoms with Crippen LogP contribution in [0, 0.1) is 0 Å². The van der Waals surface area contributed by atoms with Crippen LogP contribution in [0.4, 0.5) is 0 Å². The third-order valence-electron chi connectivity index (χ3n) is 5.26. The molecule has 6 heteroatoms. The van der Waals surface area contributed by atoms with Crippen LogP contribution in [0.25, 0.3) is 10.9 Å². The molecule has 0 unspecified atom stereocenters. The Labute approximate surface area is 183 Å². The van der Waals surface area contributed by atoms with Gasteiger partial charge >= 0.3 is 0 Å². The van der Waals surface area contributed by atoms with Gasteiger partial charge < -0.3 is 14.6 Å². The Morgan fingerprint density at radius 2 is 1.81 bits per heavy atom. The highest BCUT2D eigenvalue weighted by molar-refractivity contribution is 5.77. The number of hydrogen-bond donors (Lipinski definition) is 1. The minimum absolute atomic E-state index is 0.0185. The summed E-state index contributed by atoms with van der Waals surface area (Å²) in [5, 5.41) is 0.549. The fourth-order valence-corrected chi connectivity index (χ4v) is 3.39. The molecule has 1 N–H and O–H groups in total. The summed E-state index contributed by atoms with van der Waals surface area (Å²) in [5.74, 6) is 1.32. The van der Waals surface area contributed by atoms with Gasteiger partial charge in [0.2, 0.25) is 5.91 Å². The number of fused-ring (bicyclic) bond motifs is 1. The first-order chi connectivity index (χ1) is 14.8. The van der Waals surface area contributed by atoms with Crippen molar-refractivity contribution in [2.45, 2.75) is 52.5 Å². The molecule has 0 aliphatic heterocycles. The average Bonchev–Trinajstić information content (AvgIpc) is 2.74. The molecule has 0 aliphatic carbocycles. The van der Waals surface area contributed by atoms with Gasteiger partial charge in [0.15, 0.2) is 0 Å². The van der Waals surface area contributed by atoms with Gasteiger partial charge in [-0.05, 0) is 48.6 Å². The van der Waals surface area contributed by atoms with E-state index in [0.29, 0.717) is 42.7 Å². The van der Waals surface area contributed by atoms with E-state index in [1.165, 1.54) is 5.56 Å². The highest BCUT2D eigenvalue weighted by Crippen LogP contribution is 2.24. The van der Waals surface area contributed by atoms with Crippen molar-refractivity contribution < 1.29 is 9.53 Å². The average molecular weight is 422 g/mol. The summed E-state index contributed by atoms with van der Waals surface area (Å²) in [6.07, 6.45) is 1.00. The molecule has 1 amide bonds. The maximum Gasteiger partial charge on any atom is 0.258 e. The third-order valence-corrected chi connectivity index (χ3v) is 5.26. The Hall–Kier alpha value is -3.15. The molecule has 0 saturated heterocycles. The van der Waals surface area contributed by atoms with Crippen molar-refractivity contribution in [1.82, 2.24) is 14.9 Å². The molecule has 164 valence electrons. The van der Waals surface area contributed by atoms with Crippen molar-refractivity contribution in [3.05, 3.63) is 70.3 Å². The molecule has 0 atom stereocenters. The van der Waals surface area contributed by atoms with Crippen LogP contribution < -0.4 is 10.3 Å². The Balaban J connectivity index is 1.51. The number of hydrogen-bond acceptors (Lipinski definition) is 4. The number of aromatic amines is 1. The number of benzene rings is 2. The second-order valence-corrected chi connectivity index (χ2v) is 8.66. The van der Waals surface area contributed by atoms with Crippen LogP contribution in [-0.4, -0.2) is 33.9 Å². The maximum atomic E-state index is 12.6. The molecule has 1 aromatic heterocycles. The van der Waals surface area contributed by atoms with E-state index in [0.717, 1.165) is 5.75 Å². The number of amides is 1. The number of aromatic nitrogens is 2. The SMILES string of the molecule is CCN(Cc1nc2ccccc2c(=O)[nH]1)C(=O)CCCOc1ccc(C(C)(C)C)cc1. The zero-order valence-electron chi connectivity index (χ0n) is 18.8. The molecule has 1 heterocycles. The second kappa shape index (κ2) is 9.77. The lowest BCUT2D eigenvalue weighted by Gasteiger charge is -2.20. The van der Waals surface area contributed by atoms with Gasteiger partial charge in [0.05, 0.1) is 24.1 Å². The van der Waals surface area contributed by atoms with Gasteiger partial charge in [-0.2, -0.15) is 0 Å². The van der Waals surface area contributed by atoms with E-state index in [4.69, 9.17) is 4.74 Å². The monoisotopic (exact) mass is 421 g/mol. The number of para-hydroxylation sites is 1. The largest absolute Gasteiger partial charge is 0.494 e. The van der Waals surface area contributed by atoms with Crippen molar-refractivity contribution in [1.29, 1.82) is 0 Å². The first-order valence-electron chi connectivity index (χ1n) is 10.8. The molecule has 3 aromatic rings. The van der Waals surface area contributed by atoms with Crippen molar-refractivity contribution in [3.8, 4) is 5.75 Å². The van der Waals surface area contributed by atoms with Crippen LogP contribution in [0.15, 0.2) is 53.3 Å². The number of carbonyl (C=O) groups excluding carboxylic acids is 1. The lowest BCUT2D eigenvalue weighted by atomic mass is 9.87. The van der Waals surface area contributed by atoms with Crippen molar-refractivity contribution in [2.24, 2.45) is 0 Å². The van der Waals surface area contributed by atoms with Gasteiger partial charge in [-0.3, -0.25) is 9.59 Å². The van der Waals surface area contributed by atoms with E-state index in [1.54, 1.807) is 17.0 Å². The molecule has 0 fully saturated rings. The molecule has 0 saturated carbocycles. The van der Waals surface area contributed by atoms with Gasteiger partial charge in [-0.15, -0.1) is 0 Å². The summed E-state index contributed by atoms with van der Waals surface area (Å²) in [5.41, 5.74) is 1.82. The molecule has 31 heavy (non-hydrogen) atoms. The minimum atomic E-state index is -0.185. The minimum Gasteiger partial charge on any atom is -0.494 e. The van der Waals surface area contributed by atoms with Gasteiger partial charge in [-0.25, -0.2) is 4.98 Å². The van der Waals surface area contributed by atoms with Crippen LogP contribution in [-0.2, 0) is 16.8 Å². The molecule has 2 aromatic carbocycles. The Morgan fingerprint density at radius 3 is 2.48 bits per heavy atom. The fourth-order valence-electron chi connectivity index (χ4n) is 3.39. The molecule has 0 bridgehead atoms.